The lowest BCUT2D eigenvalue weighted by atomic mass is 10.0. The predicted octanol–water partition coefficient (Wildman–Crippen LogP) is 5.73. The van der Waals surface area contributed by atoms with Gasteiger partial charge in [-0.2, -0.15) is 0 Å². The molecule has 2 aromatic heterocycles. The van der Waals surface area contributed by atoms with Crippen LogP contribution in [0.5, 0.6) is 0 Å². The van der Waals surface area contributed by atoms with E-state index in [4.69, 9.17) is 9.40 Å². The van der Waals surface area contributed by atoms with E-state index >= 15 is 0 Å². The maximum Gasteiger partial charge on any atom is 0.253 e. The van der Waals surface area contributed by atoms with Gasteiger partial charge in [0.25, 0.3) is 5.91 Å². The van der Waals surface area contributed by atoms with Crippen LogP contribution in [0.25, 0.3) is 44.5 Å². The largest absolute Gasteiger partial charge is 0.464 e. The Morgan fingerprint density at radius 2 is 1.77 bits per heavy atom. The molecule has 0 bridgehead atoms. The summed E-state index contributed by atoms with van der Waals surface area (Å²) in [6.07, 6.45) is 4.71. The number of furan rings is 1. The van der Waals surface area contributed by atoms with Crippen molar-refractivity contribution in [3.8, 4) is 22.5 Å². The summed E-state index contributed by atoms with van der Waals surface area (Å²) in [5.74, 6) is 1.56. The lowest BCUT2D eigenvalue weighted by Gasteiger charge is -2.18. The van der Waals surface area contributed by atoms with Gasteiger partial charge in [0, 0.05) is 43.5 Å². The third-order valence-corrected chi connectivity index (χ3v) is 8.13. The van der Waals surface area contributed by atoms with Gasteiger partial charge in [0.1, 0.15) is 11.4 Å². The Bertz CT molecular complexity index is 1710. The second kappa shape index (κ2) is 9.42. The van der Waals surface area contributed by atoms with Crippen LogP contribution in [0.1, 0.15) is 29.6 Å². The minimum absolute atomic E-state index is 0.129. The van der Waals surface area contributed by atoms with Crippen molar-refractivity contribution in [3.63, 3.8) is 0 Å². The Labute approximate surface area is 226 Å². The molecule has 2 fully saturated rings. The topological polar surface area (TPSA) is 80.4 Å². The fourth-order valence-corrected chi connectivity index (χ4v) is 5.89. The van der Waals surface area contributed by atoms with Gasteiger partial charge in [-0.15, -0.1) is 0 Å². The average molecular weight is 519 g/mol. The molecular weight excluding hydrogens is 488 g/mol. The Hall–Kier alpha value is -4.39. The van der Waals surface area contributed by atoms with Crippen LogP contribution in [-0.2, 0) is 11.3 Å². The number of benzene rings is 3. The van der Waals surface area contributed by atoms with Crippen molar-refractivity contribution in [2.24, 2.45) is 11.8 Å². The molecule has 3 heterocycles. The standard InChI is InChI=1S/C32H30N4O3/c1-33-31(37)26-3-2-4-27-29(26)36(19-20-13-15-35(18-20)32(38)23-9-10-23)30(34-27)22-7-5-21(6-8-22)24-11-12-28-25(17-24)14-16-39-28/h2-8,11-12,14,16-17,20,23H,9-10,13,15,18-19H2,1H3,(H,33,37)/t20-/m0/s1. The molecule has 2 aliphatic rings. The fourth-order valence-electron chi connectivity index (χ4n) is 5.89. The van der Waals surface area contributed by atoms with E-state index in [9.17, 15) is 9.59 Å². The van der Waals surface area contributed by atoms with E-state index in [1.54, 1.807) is 13.3 Å². The number of hydrogen-bond acceptors (Lipinski definition) is 4. The number of amides is 2. The first-order valence-corrected chi connectivity index (χ1v) is 13.7. The van der Waals surface area contributed by atoms with Gasteiger partial charge >= 0.3 is 0 Å². The molecule has 0 spiro atoms. The molecule has 1 aliphatic heterocycles. The van der Waals surface area contributed by atoms with Gasteiger partial charge < -0.3 is 19.2 Å². The molecule has 1 saturated heterocycles. The number of carbonyl (C=O) groups is 2. The number of rotatable bonds is 6. The number of imidazole rings is 1. The highest BCUT2D eigenvalue weighted by molar-refractivity contribution is 6.05. The number of likely N-dealkylation sites (tertiary alicyclic amines) is 1. The lowest BCUT2D eigenvalue weighted by Crippen LogP contribution is -2.30. The van der Waals surface area contributed by atoms with Gasteiger partial charge in [-0.3, -0.25) is 9.59 Å². The summed E-state index contributed by atoms with van der Waals surface area (Å²) in [5, 5.41) is 3.86. The number of fused-ring (bicyclic) bond motifs is 2. The van der Waals surface area contributed by atoms with E-state index in [0.29, 0.717) is 23.9 Å². The highest BCUT2D eigenvalue weighted by Gasteiger charge is 2.37. The first-order valence-electron chi connectivity index (χ1n) is 13.7. The van der Waals surface area contributed by atoms with Crippen LogP contribution in [0.4, 0.5) is 0 Å². The van der Waals surface area contributed by atoms with Crippen LogP contribution in [0, 0.1) is 11.8 Å². The van der Waals surface area contributed by atoms with E-state index in [0.717, 1.165) is 76.9 Å². The molecule has 7 rings (SSSR count). The first kappa shape index (κ1) is 23.7. The van der Waals surface area contributed by atoms with Crippen molar-refractivity contribution in [3.05, 3.63) is 78.6 Å². The summed E-state index contributed by atoms with van der Waals surface area (Å²) in [6, 6.07) is 22.3. The molecule has 7 nitrogen and oxygen atoms in total. The maximum atomic E-state index is 12.8. The van der Waals surface area contributed by atoms with Crippen LogP contribution >= 0.6 is 0 Å². The van der Waals surface area contributed by atoms with Crippen molar-refractivity contribution in [2.75, 3.05) is 20.1 Å². The zero-order valence-electron chi connectivity index (χ0n) is 21.9. The molecular formula is C32H30N4O3. The second-order valence-electron chi connectivity index (χ2n) is 10.8. The van der Waals surface area contributed by atoms with Gasteiger partial charge in [0.2, 0.25) is 5.91 Å². The van der Waals surface area contributed by atoms with Crippen LogP contribution < -0.4 is 5.32 Å². The van der Waals surface area contributed by atoms with E-state index in [2.05, 4.69) is 46.3 Å². The summed E-state index contributed by atoms with van der Waals surface area (Å²) in [5.41, 5.74) is 6.35. The van der Waals surface area contributed by atoms with Crippen molar-refractivity contribution in [2.45, 2.75) is 25.8 Å². The van der Waals surface area contributed by atoms with Gasteiger partial charge in [-0.1, -0.05) is 36.4 Å². The molecule has 5 aromatic rings. The summed E-state index contributed by atoms with van der Waals surface area (Å²) >= 11 is 0. The van der Waals surface area contributed by atoms with Gasteiger partial charge in [0.15, 0.2) is 0 Å². The molecule has 1 N–H and O–H groups in total. The van der Waals surface area contributed by atoms with Gasteiger partial charge in [0.05, 0.1) is 22.9 Å². The fraction of sp³-hybridized carbons (Fsp3) is 0.281. The summed E-state index contributed by atoms with van der Waals surface area (Å²) in [6.45, 7) is 2.26. The first-order chi connectivity index (χ1) is 19.1. The number of nitrogens with one attached hydrogen (secondary N) is 1. The molecule has 2 amide bonds. The van der Waals surface area contributed by atoms with Crippen LogP contribution in [0.15, 0.2) is 77.4 Å². The number of para-hydroxylation sites is 1. The van der Waals surface area contributed by atoms with Crippen LogP contribution in [0.3, 0.4) is 0 Å². The van der Waals surface area contributed by atoms with Crippen LogP contribution in [0.2, 0.25) is 0 Å². The molecule has 1 atom stereocenters. The van der Waals surface area contributed by atoms with Crippen molar-refractivity contribution < 1.29 is 14.0 Å². The Morgan fingerprint density at radius 3 is 2.56 bits per heavy atom. The highest BCUT2D eigenvalue weighted by atomic mass is 16.3. The highest BCUT2D eigenvalue weighted by Crippen LogP contribution is 2.35. The lowest BCUT2D eigenvalue weighted by molar-refractivity contribution is -0.131. The summed E-state index contributed by atoms with van der Waals surface area (Å²) in [4.78, 5) is 32.6. The molecule has 196 valence electrons. The van der Waals surface area contributed by atoms with E-state index in [1.807, 2.05) is 35.2 Å². The van der Waals surface area contributed by atoms with Crippen molar-refractivity contribution in [1.82, 2.24) is 19.8 Å². The minimum Gasteiger partial charge on any atom is -0.464 e. The van der Waals surface area contributed by atoms with Gasteiger partial charge in [-0.05, 0) is 66.6 Å². The van der Waals surface area contributed by atoms with E-state index in [-0.39, 0.29) is 11.8 Å². The molecule has 1 saturated carbocycles. The summed E-state index contributed by atoms with van der Waals surface area (Å²) in [7, 11) is 1.65. The van der Waals surface area contributed by atoms with Crippen LogP contribution in [-0.4, -0.2) is 46.4 Å². The average Bonchev–Trinajstić information content (AvgIpc) is 3.36. The molecule has 0 unspecified atom stereocenters. The predicted molar refractivity (Wildman–Crippen MR) is 151 cm³/mol. The van der Waals surface area contributed by atoms with E-state index < -0.39 is 0 Å². The number of carbonyl (C=O) groups excluding carboxylic acids is 2. The monoisotopic (exact) mass is 518 g/mol. The molecule has 0 radical (unpaired) electrons. The maximum absolute atomic E-state index is 12.8. The molecule has 1 aliphatic carbocycles. The van der Waals surface area contributed by atoms with Crippen molar-refractivity contribution >= 4 is 33.8 Å². The normalized spacial score (nSPS) is 17.3. The summed E-state index contributed by atoms with van der Waals surface area (Å²) < 4.78 is 7.69. The SMILES string of the molecule is CNC(=O)c1cccc2nc(-c3ccc(-c4ccc5occc5c4)cc3)n(C[C@H]3CCN(C(=O)C4CC4)C3)c12. The third kappa shape index (κ3) is 4.28. The molecule has 3 aromatic carbocycles. The molecule has 39 heavy (non-hydrogen) atoms. The molecule has 7 heteroatoms. The zero-order chi connectivity index (χ0) is 26.5. The number of nitrogens with zero attached hydrogens (tertiary/aromatic N) is 3. The zero-order valence-corrected chi connectivity index (χ0v) is 21.9. The van der Waals surface area contributed by atoms with Gasteiger partial charge in [-0.25, -0.2) is 4.98 Å². The van der Waals surface area contributed by atoms with Crippen molar-refractivity contribution in [1.29, 1.82) is 0 Å². The second-order valence-corrected chi connectivity index (χ2v) is 10.8. The Morgan fingerprint density at radius 1 is 0.974 bits per heavy atom. The Kier molecular flexibility index (Phi) is 5.72. The quantitative estimate of drug-likeness (QED) is 0.311. The third-order valence-electron chi connectivity index (χ3n) is 8.13. The number of aromatic nitrogens is 2. The number of hydrogen-bond donors (Lipinski definition) is 1. The minimum atomic E-state index is -0.129. The smallest absolute Gasteiger partial charge is 0.253 e. The Balaban J connectivity index is 1.26. The van der Waals surface area contributed by atoms with E-state index in [1.165, 1.54) is 0 Å².